The summed E-state index contributed by atoms with van der Waals surface area (Å²) in [6.45, 7) is 3.86. The number of nitrogens with zero attached hydrogens (tertiary/aromatic N) is 3. The first-order valence-corrected chi connectivity index (χ1v) is 5.97. The van der Waals surface area contributed by atoms with E-state index in [1.54, 1.807) is 11.3 Å². The lowest BCUT2D eigenvalue weighted by atomic mass is 10.4. The van der Waals surface area contributed by atoms with Crippen molar-refractivity contribution in [2.75, 3.05) is 5.32 Å². The highest BCUT2D eigenvalue weighted by molar-refractivity contribution is 7.07. The van der Waals surface area contributed by atoms with E-state index in [-0.39, 0.29) is 12.4 Å². The van der Waals surface area contributed by atoms with Gasteiger partial charge in [-0.3, -0.25) is 0 Å². The topological polar surface area (TPSA) is 42.7 Å². The summed E-state index contributed by atoms with van der Waals surface area (Å²) < 4.78 is 1.98. The third kappa shape index (κ3) is 3.21. The SMILES string of the molecule is CCCn1nccc1NCc1cscn1.Cl. The average Bonchev–Trinajstić information content (AvgIpc) is 2.85. The van der Waals surface area contributed by atoms with Crippen LogP contribution in [0, 0.1) is 0 Å². The maximum absolute atomic E-state index is 4.24. The van der Waals surface area contributed by atoms with E-state index in [2.05, 4.69) is 22.3 Å². The summed E-state index contributed by atoms with van der Waals surface area (Å²) in [5, 5.41) is 9.62. The third-order valence-corrected chi connectivity index (χ3v) is 2.72. The minimum Gasteiger partial charge on any atom is -0.365 e. The van der Waals surface area contributed by atoms with E-state index < -0.39 is 0 Å². The number of hydrogen-bond acceptors (Lipinski definition) is 4. The second-order valence-corrected chi connectivity index (χ2v) is 3.99. The van der Waals surface area contributed by atoms with E-state index in [0.717, 1.165) is 31.0 Å². The molecule has 2 rings (SSSR count). The molecule has 2 heterocycles. The van der Waals surface area contributed by atoms with Crippen LogP contribution in [0.2, 0.25) is 0 Å². The van der Waals surface area contributed by atoms with E-state index in [1.807, 2.05) is 27.8 Å². The first-order valence-electron chi connectivity index (χ1n) is 5.03. The number of rotatable bonds is 5. The van der Waals surface area contributed by atoms with Crippen molar-refractivity contribution in [3.63, 3.8) is 0 Å². The summed E-state index contributed by atoms with van der Waals surface area (Å²) in [6.07, 6.45) is 2.91. The van der Waals surface area contributed by atoms with Crippen LogP contribution in [-0.2, 0) is 13.1 Å². The fraction of sp³-hybridized carbons (Fsp3) is 0.400. The van der Waals surface area contributed by atoms with E-state index >= 15 is 0 Å². The van der Waals surface area contributed by atoms with Crippen LogP contribution < -0.4 is 5.32 Å². The Labute approximate surface area is 105 Å². The van der Waals surface area contributed by atoms with Crippen LogP contribution in [0.1, 0.15) is 19.0 Å². The second kappa shape index (κ2) is 6.50. The maximum Gasteiger partial charge on any atom is 0.124 e. The van der Waals surface area contributed by atoms with Crippen LogP contribution in [0.5, 0.6) is 0 Å². The van der Waals surface area contributed by atoms with Crippen molar-refractivity contribution in [2.45, 2.75) is 26.4 Å². The van der Waals surface area contributed by atoms with Crippen LogP contribution >= 0.6 is 23.7 Å². The summed E-state index contributed by atoms with van der Waals surface area (Å²) in [7, 11) is 0. The number of anilines is 1. The Morgan fingerprint density at radius 1 is 1.50 bits per heavy atom. The predicted molar refractivity (Wildman–Crippen MR) is 69.2 cm³/mol. The molecule has 88 valence electrons. The van der Waals surface area contributed by atoms with Gasteiger partial charge in [-0.25, -0.2) is 9.67 Å². The van der Waals surface area contributed by atoms with Crippen LogP contribution in [0.25, 0.3) is 0 Å². The van der Waals surface area contributed by atoms with Gasteiger partial charge >= 0.3 is 0 Å². The minimum absolute atomic E-state index is 0. The lowest BCUT2D eigenvalue weighted by Gasteiger charge is -2.07. The van der Waals surface area contributed by atoms with Crippen LogP contribution in [0.15, 0.2) is 23.2 Å². The van der Waals surface area contributed by atoms with E-state index in [4.69, 9.17) is 0 Å². The molecule has 4 nitrogen and oxygen atoms in total. The molecule has 0 unspecified atom stereocenters. The first-order chi connectivity index (χ1) is 7.40. The van der Waals surface area contributed by atoms with E-state index in [1.165, 1.54) is 0 Å². The molecule has 0 fully saturated rings. The number of hydrogen-bond donors (Lipinski definition) is 1. The van der Waals surface area contributed by atoms with Crippen LogP contribution in [-0.4, -0.2) is 14.8 Å². The zero-order chi connectivity index (χ0) is 10.5. The summed E-state index contributed by atoms with van der Waals surface area (Å²) in [5.74, 6) is 1.06. The molecule has 0 atom stereocenters. The summed E-state index contributed by atoms with van der Waals surface area (Å²) in [5.41, 5.74) is 2.92. The lowest BCUT2D eigenvalue weighted by Crippen LogP contribution is -2.07. The van der Waals surface area contributed by atoms with Crippen molar-refractivity contribution >= 4 is 29.6 Å². The van der Waals surface area contributed by atoms with Gasteiger partial charge in [0.25, 0.3) is 0 Å². The summed E-state index contributed by atoms with van der Waals surface area (Å²) >= 11 is 1.62. The van der Waals surface area contributed by atoms with Gasteiger partial charge in [0.05, 0.1) is 23.9 Å². The largest absolute Gasteiger partial charge is 0.365 e. The molecule has 2 aromatic heterocycles. The quantitative estimate of drug-likeness (QED) is 0.897. The molecule has 2 aromatic rings. The standard InChI is InChI=1S/C10H14N4S.ClH/c1-2-5-14-10(3-4-13-14)11-6-9-7-15-8-12-9;/h3-4,7-8,11H,2,5-6H2,1H3;1H. The molecule has 0 aliphatic rings. The highest BCUT2D eigenvalue weighted by Gasteiger charge is 2.01. The molecule has 0 aliphatic carbocycles. The van der Waals surface area contributed by atoms with E-state index in [9.17, 15) is 0 Å². The van der Waals surface area contributed by atoms with Gasteiger partial charge in [0, 0.05) is 18.0 Å². The van der Waals surface area contributed by atoms with Crippen molar-refractivity contribution in [3.8, 4) is 0 Å². The lowest BCUT2D eigenvalue weighted by molar-refractivity contribution is 0.607. The van der Waals surface area contributed by atoms with Crippen molar-refractivity contribution in [1.29, 1.82) is 0 Å². The van der Waals surface area contributed by atoms with Crippen molar-refractivity contribution < 1.29 is 0 Å². The molecule has 16 heavy (non-hydrogen) atoms. The van der Waals surface area contributed by atoms with Crippen molar-refractivity contribution in [1.82, 2.24) is 14.8 Å². The van der Waals surface area contributed by atoms with Gasteiger partial charge in [0.1, 0.15) is 5.82 Å². The third-order valence-electron chi connectivity index (χ3n) is 2.09. The van der Waals surface area contributed by atoms with Gasteiger partial charge in [0.2, 0.25) is 0 Å². The Morgan fingerprint density at radius 3 is 3.06 bits per heavy atom. The summed E-state index contributed by atoms with van der Waals surface area (Å²) in [4.78, 5) is 4.22. The Balaban J connectivity index is 0.00000128. The molecule has 0 aliphatic heterocycles. The first kappa shape index (κ1) is 13.0. The molecule has 0 bridgehead atoms. The molecular formula is C10H15ClN4S. The molecule has 6 heteroatoms. The fourth-order valence-corrected chi connectivity index (χ4v) is 1.94. The van der Waals surface area contributed by atoms with Crippen molar-refractivity contribution in [3.05, 3.63) is 28.8 Å². The average molecular weight is 259 g/mol. The normalized spacial score (nSPS) is 9.81. The Kier molecular flexibility index (Phi) is 5.28. The van der Waals surface area contributed by atoms with Crippen LogP contribution in [0.4, 0.5) is 5.82 Å². The van der Waals surface area contributed by atoms with Gasteiger partial charge in [0.15, 0.2) is 0 Å². The Morgan fingerprint density at radius 2 is 2.38 bits per heavy atom. The zero-order valence-electron chi connectivity index (χ0n) is 9.09. The maximum atomic E-state index is 4.24. The second-order valence-electron chi connectivity index (χ2n) is 3.27. The van der Waals surface area contributed by atoms with Gasteiger partial charge in [-0.2, -0.15) is 5.10 Å². The number of aromatic nitrogens is 3. The molecule has 0 saturated carbocycles. The summed E-state index contributed by atoms with van der Waals surface area (Å²) in [6, 6.07) is 1.99. The number of thiazole rings is 1. The molecule has 0 radical (unpaired) electrons. The zero-order valence-corrected chi connectivity index (χ0v) is 10.7. The van der Waals surface area contributed by atoms with Gasteiger partial charge < -0.3 is 5.32 Å². The molecule has 0 aromatic carbocycles. The fourth-order valence-electron chi connectivity index (χ4n) is 1.38. The number of nitrogens with one attached hydrogen (secondary N) is 1. The molecule has 0 amide bonds. The highest BCUT2D eigenvalue weighted by Crippen LogP contribution is 2.09. The minimum atomic E-state index is 0. The molecule has 1 N–H and O–H groups in total. The molecule has 0 spiro atoms. The van der Waals surface area contributed by atoms with E-state index in [0.29, 0.717) is 0 Å². The number of aryl methyl sites for hydroxylation is 1. The predicted octanol–water partition coefficient (Wildman–Crippen LogP) is 2.78. The number of halogens is 1. The van der Waals surface area contributed by atoms with Crippen molar-refractivity contribution in [2.24, 2.45) is 0 Å². The molecular weight excluding hydrogens is 244 g/mol. The van der Waals surface area contributed by atoms with Gasteiger partial charge in [-0.15, -0.1) is 23.7 Å². The highest BCUT2D eigenvalue weighted by atomic mass is 35.5. The van der Waals surface area contributed by atoms with Crippen LogP contribution in [0.3, 0.4) is 0 Å². The van der Waals surface area contributed by atoms with Gasteiger partial charge in [-0.1, -0.05) is 6.92 Å². The monoisotopic (exact) mass is 258 g/mol. The Bertz CT molecular complexity index is 399. The Hall–Kier alpha value is -1.07. The molecule has 0 saturated heterocycles. The smallest absolute Gasteiger partial charge is 0.124 e. The van der Waals surface area contributed by atoms with Gasteiger partial charge in [-0.05, 0) is 6.42 Å².